The normalized spacial score (nSPS) is 11.9. The second kappa shape index (κ2) is 3.63. The minimum atomic E-state index is -0.952. The zero-order chi connectivity index (χ0) is 11.9. The van der Waals surface area contributed by atoms with Crippen LogP contribution in [0.15, 0.2) is 33.4 Å². The van der Waals surface area contributed by atoms with Crippen LogP contribution in [0.5, 0.6) is 0 Å². The fourth-order valence-electron chi connectivity index (χ4n) is 1.60. The molecule has 0 amide bonds. The molecule has 0 radical (unpaired) electrons. The molecule has 0 saturated heterocycles. The topological polar surface area (TPSA) is 50.4 Å². The van der Waals surface area contributed by atoms with Crippen molar-refractivity contribution >= 4 is 32.9 Å². The molecule has 4 heteroatoms. The lowest BCUT2D eigenvalue weighted by atomic mass is 9.85. The minimum Gasteiger partial charge on any atom is -0.481 e. The van der Waals surface area contributed by atoms with Gasteiger partial charge in [0.05, 0.1) is 11.7 Å². The third-order valence-electron chi connectivity index (χ3n) is 2.74. The fraction of sp³-hybridized carbons (Fsp3) is 0.250. The average Bonchev–Trinajstić information content (AvgIpc) is 2.60. The minimum absolute atomic E-state index is 0.691. The van der Waals surface area contributed by atoms with Crippen LogP contribution >= 0.6 is 15.9 Å². The molecule has 1 aromatic heterocycles. The highest BCUT2D eigenvalue weighted by Crippen LogP contribution is 2.33. The average molecular weight is 283 g/mol. The van der Waals surface area contributed by atoms with Crippen molar-refractivity contribution in [2.45, 2.75) is 19.3 Å². The summed E-state index contributed by atoms with van der Waals surface area (Å²) in [4.78, 5) is 11.2. The van der Waals surface area contributed by atoms with Crippen LogP contribution in [-0.4, -0.2) is 11.1 Å². The Morgan fingerprint density at radius 3 is 2.75 bits per heavy atom. The lowest BCUT2D eigenvalue weighted by molar-refractivity contribution is -0.142. The van der Waals surface area contributed by atoms with Gasteiger partial charge in [0.1, 0.15) is 5.58 Å². The van der Waals surface area contributed by atoms with Gasteiger partial charge in [-0.2, -0.15) is 0 Å². The van der Waals surface area contributed by atoms with Crippen LogP contribution in [0.25, 0.3) is 11.0 Å². The van der Waals surface area contributed by atoms with Gasteiger partial charge in [0.25, 0.3) is 0 Å². The summed E-state index contributed by atoms with van der Waals surface area (Å²) < 4.78 is 6.26. The van der Waals surface area contributed by atoms with E-state index >= 15 is 0 Å². The van der Waals surface area contributed by atoms with Crippen molar-refractivity contribution in [2.75, 3.05) is 0 Å². The summed E-state index contributed by atoms with van der Waals surface area (Å²) in [5.74, 6) is -0.866. The van der Waals surface area contributed by atoms with Crippen LogP contribution in [-0.2, 0) is 10.2 Å². The summed E-state index contributed by atoms with van der Waals surface area (Å²) in [5.41, 5.74) is 0.440. The Hall–Kier alpha value is -1.29. The van der Waals surface area contributed by atoms with E-state index in [0.717, 1.165) is 9.86 Å². The number of aliphatic carboxylic acids is 1. The first kappa shape index (κ1) is 11.2. The van der Waals surface area contributed by atoms with E-state index in [2.05, 4.69) is 15.9 Å². The predicted molar refractivity (Wildman–Crippen MR) is 64.6 cm³/mol. The molecule has 16 heavy (non-hydrogen) atoms. The summed E-state index contributed by atoms with van der Waals surface area (Å²) in [6.45, 7) is 3.33. The van der Waals surface area contributed by atoms with Crippen LogP contribution in [0.4, 0.5) is 0 Å². The number of rotatable bonds is 2. The standard InChI is InChI=1S/C12H11BrO3/c1-12(2,11(14)15)9-6-16-10-4-3-7(13)5-8(9)10/h3-6H,1-2H3,(H,14,15). The molecule has 0 aliphatic rings. The molecule has 0 saturated carbocycles. The number of fused-ring (bicyclic) bond motifs is 1. The Balaban J connectivity index is 2.70. The first-order chi connectivity index (χ1) is 7.43. The molecule has 0 fully saturated rings. The molecule has 1 aromatic carbocycles. The molecule has 0 aliphatic heterocycles. The Labute approximate surface area is 101 Å². The van der Waals surface area contributed by atoms with Gasteiger partial charge in [0, 0.05) is 15.4 Å². The highest BCUT2D eigenvalue weighted by atomic mass is 79.9. The maximum Gasteiger partial charge on any atom is 0.313 e. The number of benzene rings is 1. The van der Waals surface area contributed by atoms with E-state index < -0.39 is 11.4 Å². The Kier molecular flexibility index (Phi) is 2.54. The summed E-state index contributed by atoms with van der Waals surface area (Å²) in [6.07, 6.45) is 1.52. The maximum atomic E-state index is 11.2. The van der Waals surface area contributed by atoms with E-state index in [0.29, 0.717) is 11.1 Å². The van der Waals surface area contributed by atoms with E-state index in [9.17, 15) is 9.90 Å². The number of carboxylic acids is 1. The SMILES string of the molecule is CC(C)(C(=O)O)c1coc2ccc(Br)cc12. The number of furan rings is 1. The van der Waals surface area contributed by atoms with Gasteiger partial charge in [-0.3, -0.25) is 4.79 Å². The molecule has 2 rings (SSSR count). The van der Waals surface area contributed by atoms with E-state index in [1.807, 2.05) is 18.2 Å². The zero-order valence-corrected chi connectivity index (χ0v) is 10.5. The van der Waals surface area contributed by atoms with Crippen molar-refractivity contribution in [1.29, 1.82) is 0 Å². The van der Waals surface area contributed by atoms with E-state index in [1.165, 1.54) is 6.26 Å². The van der Waals surface area contributed by atoms with Crippen molar-refractivity contribution in [1.82, 2.24) is 0 Å². The van der Waals surface area contributed by atoms with Crippen molar-refractivity contribution in [3.05, 3.63) is 34.5 Å². The molecule has 0 unspecified atom stereocenters. The summed E-state index contributed by atoms with van der Waals surface area (Å²) in [7, 11) is 0. The third-order valence-corrected chi connectivity index (χ3v) is 3.24. The second-order valence-electron chi connectivity index (χ2n) is 4.22. The molecular weight excluding hydrogens is 272 g/mol. The van der Waals surface area contributed by atoms with Crippen LogP contribution < -0.4 is 0 Å². The molecular formula is C12H11BrO3. The van der Waals surface area contributed by atoms with Gasteiger partial charge in [0.2, 0.25) is 0 Å². The highest BCUT2D eigenvalue weighted by Gasteiger charge is 2.32. The molecule has 1 heterocycles. The van der Waals surface area contributed by atoms with Crippen LogP contribution in [0.2, 0.25) is 0 Å². The van der Waals surface area contributed by atoms with Crippen molar-refractivity contribution < 1.29 is 14.3 Å². The van der Waals surface area contributed by atoms with E-state index in [4.69, 9.17) is 4.42 Å². The summed E-state index contributed by atoms with van der Waals surface area (Å²) >= 11 is 3.37. The van der Waals surface area contributed by atoms with Gasteiger partial charge in [-0.25, -0.2) is 0 Å². The van der Waals surface area contributed by atoms with Crippen LogP contribution in [0.1, 0.15) is 19.4 Å². The van der Waals surface area contributed by atoms with Crippen molar-refractivity contribution in [3.63, 3.8) is 0 Å². The van der Waals surface area contributed by atoms with Gasteiger partial charge in [-0.05, 0) is 32.0 Å². The Morgan fingerprint density at radius 2 is 2.12 bits per heavy atom. The first-order valence-corrected chi connectivity index (χ1v) is 5.63. The van der Waals surface area contributed by atoms with Gasteiger partial charge < -0.3 is 9.52 Å². The summed E-state index contributed by atoms with van der Waals surface area (Å²) in [5, 5.41) is 10.0. The number of hydrogen-bond donors (Lipinski definition) is 1. The molecule has 0 spiro atoms. The van der Waals surface area contributed by atoms with Crippen molar-refractivity contribution in [2.24, 2.45) is 0 Å². The number of carbonyl (C=O) groups is 1. The quantitative estimate of drug-likeness (QED) is 0.916. The Morgan fingerprint density at radius 1 is 1.44 bits per heavy atom. The fourth-order valence-corrected chi connectivity index (χ4v) is 1.96. The molecule has 0 atom stereocenters. The smallest absolute Gasteiger partial charge is 0.313 e. The highest BCUT2D eigenvalue weighted by molar-refractivity contribution is 9.10. The van der Waals surface area contributed by atoms with Crippen LogP contribution in [0, 0.1) is 0 Å². The molecule has 0 aliphatic carbocycles. The lowest BCUT2D eigenvalue weighted by Crippen LogP contribution is -2.28. The largest absolute Gasteiger partial charge is 0.481 e. The zero-order valence-electron chi connectivity index (χ0n) is 8.95. The molecule has 84 valence electrons. The van der Waals surface area contributed by atoms with Gasteiger partial charge in [-0.15, -0.1) is 0 Å². The van der Waals surface area contributed by atoms with Gasteiger partial charge >= 0.3 is 5.97 Å². The molecule has 1 N–H and O–H groups in total. The predicted octanol–water partition coefficient (Wildman–Crippen LogP) is 3.56. The van der Waals surface area contributed by atoms with Gasteiger partial charge in [0.15, 0.2) is 0 Å². The maximum absolute atomic E-state index is 11.2. The summed E-state index contributed by atoms with van der Waals surface area (Å²) in [6, 6.07) is 5.56. The van der Waals surface area contributed by atoms with Crippen molar-refractivity contribution in [3.8, 4) is 0 Å². The van der Waals surface area contributed by atoms with E-state index in [-0.39, 0.29) is 0 Å². The second-order valence-corrected chi connectivity index (χ2v) is 5.14. The first-order valence-electron chi connectivity index (χ1n) is 4.83. The molecule has 0 bridgehead atoms. The molecule has 3 nitrogen and oxygen atoms in total. The monoisotopic (exact) mass is 282 g/mol. The van der Waals surface area contributed by atoms with E-state index in [1.54, 1.807) is 13.8 Å². The lowest BCUT2D eigenvalue weighted by Gasteiger charge is -2.17. The number of hydrogen-bond acceptors (Lipinski definition) is 2. The number of carboxylic acid groups (broad SMARTS) is 1. The molecule has 2 aromatic rings. The van der Waals surface area contributed by atoms with Crippen LogP contribution in [0.3, 0.4) is 0 Å². The Bertz CT molecular complexity index is 554. The van der Waals surface area contributed by atoms with Gasteiger partial charge in [-0.1, -0.05) is 15.9 Å². The third kappa shape index (κ3) is 1.63. The number of halogens is 1.